The fraction of sp³-hybridized carbons (Fsp3) is 0. The average Bonchev–Trinajstić information content (AvgIpc) is 3.94. The van der Waals surface area contributed by atoms with Crippen molar-refractivity contribution in [3.8, 4) is 56.2 Å². The predicted octanol–water partition coefficient (Wildman–Crippen LogP) is 11.7. The number of hydrogen-bond donors (Lipinski definition) is 0. The van der Waals surface area contributed by atoms with Crippen molar-refractivity contribution in [3.05, 3.63) is 157 Å². The summed E-state index contributed by atoms with van der Waals surface area (Å²) in [6, 6.07) is 48.0. The molecule has 10 aromatic rings. The third-order valence-electron chi connectivity index (χ3n) is 9.22. The largest absolute Gasteiger partial charge is 0.290 e. The molecular weight excluding hydrogens is 625 g/mol. The molecule has 0 amide bonds. The normalized spacial score (nSPS) is 11.8. The molecule has 0 aliphatic heterocycles. The fourth-order valence-corrected chi connectivity index (χ4v) is 8.27. The quantitative estimate of drug-likeness (QED) is 0.186. The summed E-state index contributed by atoms with van der Waals surface area (Å²) in [7, 11) is 0. The molecule has 48 heavy (non-hydrogen) atoms. The third-order valence-corrected chi connectivity index (χ3v) is 10.7. The first-order valence-electron chi connectivity index (χ1n) is 15.9. The van der Waals surface area contributed by atoms with Gasteiger partial charge in [-0.15, -0.1) is 22.7 Å². The highest BCUT2D eigenvalue weighted by Gasteiger charge is 2.19. The smallest absolute Gasteiger partial charge is 0.194 e. The number of nitrogens with zero attached hydrogens (tertiary/aromatic N) is 4. The molecule has 0 fully saturated rings. The van der Waals surface area contributed by atoms with Crippen LogP contribution in [-0.2, 0) is 0 Å². The Bertz CT molecular complexity index is 2580. The van der Waals surface area contributed by atoms with Crippen molar-refractivity contribution in [2.45, 2.75) is 0 Å². The first-order valence-corrected chi connectivity index (χ1v) is 17.6. The Morgan fingerprint density at radius 1 is 0.375 bits per heavy atom. The van der Waals surface area contributed by atoms with E-state index in [0.717, 1.165) is 55.0 Å². The zero-order chi connectivity index (χ0) is 31.6. The molecule has 0 aliphatic rings. The molecule has 4 aromatic heterocycles. The number of rotatable bonds is 5. The summed E-state index contributed by atoms with van der Waals surface area (Å²) in [4.78, 5) is 12.1. The molecule has 0 saturated carbocycles. The molecular formula is C42H26N4S2. The van der Waals surface area contributed by atoms with Gasteiger partial charge in [0, 0.05) is 45.4 Å². The molecule has 226 valence electrons. The average molecular weight is 651 g/mol. The maximum atomic E-state index is 5.08. The Morgan fingerprint density at radius 2 is 0.750 bits per heavy atom. The Hall–Kier alpha value is -5.82. The summed E-state index contributed by atoms with van der Waals surface area (Å²) in [5, 5.41) is 9.10. The van der Waals surface area contributed by atoms with Crippen LogP contribution in [0.15, 0.2) is 157 Å². The molecule has 6 heteroatoms. The number of benzene rings is 6. The zero-order valence-corrected chi connectivity index (χ0v) is 27.2. The van der Waals surface area contributed by atoms with E-state index in [-0.39, 0.29) is 0 Å². The maximum Gasteiger partial charge on any atom is 0.194 e. The number of aromatic nitrogens is 4. The second-order valence-electron chi connectivity index (χ2n) is 12.0. The van der Waals surface area contributed by atoms with Gasteiger partial charge in [-0.1, -0.05) is 121 Å². The van der Waals surface area contributed by atoms with Gasteiger partial charge in [0.15, 0.2) is 9.92 Å². The van der Waals surface area contributed by atoms with Gasteiger partial charge in [-0.05, 0) is 44.8 Å². The Balaban J connectivity index is 1.01. The summed E-state index contributed by atoms with van der Waals surface area (Å²) in [6.45, 7) is 0. The van der Waals surface area contributed by atoms with Gasteiger partial charge in [-0.2, -0.15) is 0 Å². The summed E-state index contributed by atoms with van der Waals surface area (Å²) in [5.41, 5.74) is 11.1. The van der Waals surface area contributed by atoms with E-state index in [1.807, 2.05) is 0 Å². The van der Waals surface area contributed by atoms with E-state index in [1.165, 1.54) is 32.7 Å². The molecule has 0 saturated heterocycles. The van der Waals surface area contributed by atoms with Gasteiger partial charge in [0.25, 0.3) is 0 Å². The summed E-state index contributed by atoms with van der Waals surface area (Å²) >= 11 is 3.33. The monoisotopic (exact) mass is 650 g/mol. The molecule has 0 aliphatic carbocycles. The Morgan fingerprint density at radius 3 is 1.19 bits per heavy atom. The van der Waals surface area contributed by atoms with Gasteiger partial charge >= 0.3 is 0 Å². The lowest BCUT2D eigenvalue weighted by atomic mass is 9.97. The number of thiazole rings is 2. The molecule has 0 N–H and O–H groups in total. The van der Waals surface area contributed by atoms with Crippen LogP contribution < -0.4 is 0 Å². The molecule has 0 radical (unpaired) electrons. The van der Waals surface area contributed by atoms with Gasteiger partial charge in [-0.25, -0.2) is 9.97 Å². The zero-order valence-electron chi connectivity index (χ0n) is 25.6. The van der Waals surface area contributed by atoms with Crippen molar-refractivity contribution in [1.29, 1.82) is 0 Å². The molecule has 0 bridgehead atoms. The van der Waals surface area contributed by atoms with Crippen LogP contribution in [0.2, 0.25) is 0 Å². The Labute approximate surface area is 284 Å². The molecule has 4 heterocycles. The van der Waals surface area contributed by atoms with Crippen LogP contribution in [0, 0.1) is 0 Å². The fourth-order valence-electron chi connectivity index (χ4n) is 6.84. The SMILES string of the molecule is c1ccc2cc(-c3nc4sccn4c3-c3ccc(-c4ccc(-c5c(-c6ccc7ccccc7c6)nc6sccn56)cc4)cc3)ccc2c1. The van der Waals surface area contributed by atoms with E-state index in [0.29, 0.717) is 0 Å². The first-order chi connectivity index (χ1) is 23.8. The van der Waals surface area contributed by atoms with Crippen LogP contribution in [-0.4, -0.2) is 18.8 Å². The topological polar surface area (TPSA) is 34.6 Å². The minimum absolute atomic E-state index is 0.996. The maximum absolute atomic E-state index is 5.08. The van der Waals surface area contributed by atoms with Crippen LogP contribution >= 0.6 is 22.7 Å². The molecule has 0 spiro atoms. The van der Waals surface area contributed by atoms with Gasteiger partial charge in [-0.3, -0.25) is 8.80 Å². The summed E-state index contributed by atoms with van der Waals surface area (Å²) in [6.07, 6.45) is 4.24. The van der Waals surface area contributed by atoms with Crippen molar-refractivity contribution < 1.29 is 0 Å². The van der Waals surface area contributed by atoms with Crippen LogP contribution in [0.4, 0.5) is 0 Å². The Kier molecular flexibility index (Phi) is 6.19. The van der Waals surface area contributed by atoms with E-state index in [4.69, 9.17) is 9.97 Å². The predicted molar refractivity (Wildman–Crippen MR) is 202 cm³/mol. The molecule has 0 unspecified atom stereocenters. The van der Waals surface area contributed by atoms with Crippen LogP contribution in [0.3, 0.4) is 0 Å². The van der Waals surface area contributed by atoms with E-state index in [9.17, 15) is 0 Å². The van der Waals surface area contributed by atoms with Gasteiger partial charge in [0.1, 0.15) is 0 Å². The highest BCUT2D eigenvalue weighted by molar-refractivity contribution is 7.15. The number of hydrogen-bond acceptors (Lipinski definition) is 4. The first kappa shape index (κ1) is 27.3. The molecule has 10 rings (SSSR count). The highest BCUT2D eigenvalue weighted by Crippen LogP contribution is 2.38. The van der Waals surface area contributed by atoms with Crippen molar-refractivity contribution in [2.24, 2.45) is 0 Å². The van der Waals surface area contributed by atoms with E-state index < -0.39 is 0 Å². The van der Waals surface area contributed by atoms with E-state index in [1.54, 1.807) is 22.7 Å². The van der Waals surface area contributed by atoms with Crippen molar-refractivity contribution >= 4 is 54.1 Å². The molecule has 0 atom stereocenters. The second-order valence-corrected chi connectivity index (χ2v) is 13.8. The standard InChI is InChI=1S/C42H26N4S2/c1-3-7-33-25-35(19-13-27(33)5-1)37-39(45-21-23-47-41(45)43-37)31-15-9-29(10-16-31)30-11-17-32(18-12-30)40-38(44-42-46(40)22-24-48-42)36-20-14-28-6-2-4-8-34(28)26-36/h1-26H. The van der Waals surface area contributed by atoms with Gasteiger partial charge < -0.3 is 0 Å². The third kappa shape index (κ3) is 4.42. The lowest BCUT2D eigenvalue weighted by Gasteiger charge is -2.10. The van der Waals surface area contributed by atoms with Gasteiger partial charge in [0.2, 0.25) is 0 Å². The lowest BCUT2D eigenvalue weighted by molar-refractivity contribution is 1.23. The number of fused-ring (bicyclic) bond motifs is 4. The van der Waals surface area contributed by atoms with Crippen LogP contribution in [0.25, 0.3) is 87.6 Å². The van der Waals surface area contributed by atoms with E-state index in [2.05, 4.69) is 165 Å². The van der Waals surface area contributed by atoms with Crippen molar-refractivity contribution in [3.63, 3.8) is 0 Å². The molecule has 6 aromatic carbocycles. The summed E-state index contributed by atoms with van der Waals surface area (Å²) in [5.74, 6) is 0. The minimum atomic E-state index is 0.996. The van der Waals surface area contributed by atoms with Crippen LogP contribution in [0.5, 0.6) is 0 Å². The van der Waals surface area contributed by atoms with Crippen LogP contribution in [0.1, 0.15) is 0 Å². The van der Waals surface area contributed by atoms with Gasteiger partial charge in [0.05, 0.1) is 22.8 Å². The lowest BCUT2D eigenvalue weighted by Crippen LogP contribution is -1.89. The second kappa shape index (κ2) is 10.9. The van der Waals surface area contributed by atoms with Crippen molar-refractivity contribution in [1.82, 2.24) is 18.8 Å². The highest BCUT2D eigenvalue weighted by atomic mass is 32.1. The molecule has 4 nitrogen and oxygen atoms in total. The summed E-state index contributed by atoms with van der Waals surface area (Å²) < 4.78 is 4.42. The van der Waals surface area contributed by atoms with Crippen molar-refractivity contribution in [2.75, 3.05) is 0 Å². The van der Waals surface area contributed by atoms with E-state index >= 15 is 0 Å². The minimum Gasteiger partial charge on any atom is -0.290 e. The number of imidazole rings is 2.